The lowest BCUT2D eigenvalue weighted by molar-refractivity contribution is -0.156. The molecule has 0 saturated heterocycles. The van der Waals surface area contributed by atoms with E-state index in [4.69, 9.17) is 14.2 Å². The Hall–Kier alpha value is -3.05. The molecule has 3 aromatic rings. The summed E-state index contributed by atoms with van der Waals surface area (Å²) in [5.74, 6) is 0.920. The number of nitrogens with zero attached hydrogens (tertiary/aromatic N) is 1. The van der Waals surface area contributed by atoms with Crippen LogP contribution in [0.2, 0.25) is 0 Å². The number of benzene rings is 2. The number of esters is 1. The van der Waals surface area contributed by atoms with Crippen LogP contribution in [0.15, 0.2) is 66.7 Å². The van der Waals surface area contributed by atoms with Gasteiger partial charge in [0.2, 0.25) is 0 Å². The van der Waals surface area contributed by atoms with Gasteiger partial charge in [-0.1, -0.05) is 56.3 Å². The minimum absolute atomic E-state index is 0.318. The predicted molar refractivity (Wildman–Crippen MR) is 132 cm³/mol. The Morgan fingerprint density at radius 1 is 0.909 bits per heavy atom. The van der Waals surface area contributed by atoms with Crippen molar-refractivity contribution < 1.29 is 19.0 Å². The summed E-state index contributed by atoms with van der Waals surface area (Å²) < 4.78 is 19.1. The third kappa shape index (κ3) is 6.72. The molecular formula is C28H35NO4. The van der Waals surface area contributed by atoms with Gasteiger partial charge in [0.1, 0.15) is 12.4 Å². The fourth-order valence-electron chi connectivity index (χ4n) is 3.94. The maximum absolute atomic E-state index is 12.1. The fourth-order valence-corrected chi connectivity index (χ4v) is 3.94. The van der Waals surface area contributed by atoms with Crippen molar-refractivity contribution >= 4 is 5.97 Å². The average molecular weight is 450 g/mol. The molecule has 1 aromatic heterocycles. The van der Waals surface area contributed by atoms with Crippen molar-refractivity contribution in [3.8, 4) is 17.0 Å². The van der Waals surface area contributed by atoms with Crippen LogP contribution in [0.25, 0.3) is 11.3 Å². The van der Waals surface area contributed by atoms with E-state index < -0.39 is 6.10 Å². The number of rotatable bonds is 12. The molecule has 0 bridgehead atoms. The lowest BCUT2D eigenvalue weighted by atomic mass is 10.1. The first kappa shape index (κ1) is 24.6. The maximum Gasteiger partial charge on any atom is 0.335 e. The molecule has 1 atom stereocenters. The van der Waals surface area contributed by atoms with Gasteiger partial charge in [0.25, 0.3) is 0 Å². The largest absolute Gasteiger partial charge is 0.492 e. The van der Waals surface area contributed by atoms with Gasteiger partial charge in [-0.05, 0) is 55.2 Å². The van der Waals surface area contributed by atoms with Gasteiger partial charge in [-0.3, -0.25) is 0 Å². The Morgan fingerprint density at radius 2 is 1.64 bits per heavy atom. The summed E-state index contributed by atoms with van der Waals surface area (Å²) in [4.78, 5) is 12.1. The standard InChI is InChI=1S/C28H35NO4/c1-5-31-27(28(30)32-6-2)20-22-12-14-24(15-13-22)33-19-18-29-25(21(3)4)16-17-26(29)23-10-8-7-9-11-23/h7-17,21,27H,5-6,18-20H2,1-4H3. The van der Waals surface area contributed by atoms with E-state index in [2.05, 4.69) is 54.8 Å². The molecule has 33 heavy (non-hydrogen) atoms. The second-order valence-electron chi connectivity index (χ2n) is 8.21. The summed E-state index contributed by atoms with van der Waals surface area (Å²) in [6.45, 7) is 10.3. The summed E-state index contributed by atoms with van der Waals surface area (Å²) in [5.41, 5.74) is 4.72. The number of carbonyl (C=O) groups excluding carboxylic acids is 1. The first-order chi connectivity index (χ1) is 16.0. The van der Waals surface area contributed by atoms with E-state index in [1.165, 1.54) is 17.0 Å². The Kier molecular flexibility index (Phi) is 9.14. The van der Waals surface area contributed by atoms with E-state index in [0.29, 0.717) is 32.2 Å². The van der Waals surface area contributed by atoms with Crippen molar-refractivity contribution in [3.05, 3.63) is 78.0 Å². The minimum atomic E-state index is -0.582. The number of ether oxygens (including phenoxy) is 3. The van der Waals surface area contributed by atoms with E-state index >= 15 is 0 Å². The van der Waals surface area contributed by atoms with Crippen molar-refractivity contribution in [1.82, 2.24) is 4.57 Å². The SMILES string of the molecule is CCOC(=O)C(Cc1ccc(OCCn2c(-c3ccccc3)ccc2C(C)C)cc1)OCC. The van der Waals surface area contributed by atoms with E-state index in [9.17, 15) is 4.79 Å². The highest BCUT2D eigenvalue weighted by Crippen LogP contribution is 2.26. The summed E-state index contributed by atoms with van der Waals surface area (Å²) >= 11 is 0. The van der Waals surface area contributed by atoms with Gasteiger partial charge in [0.15, 0.2) is 6.10 Å². The Morgan fingerprint density at radius 3 is 2.27 bits per heavy atom. The summed E-state index contributed by atoms with van der Waals surface area (Å²) in [7, 11) is 0. The number of carbonyl (C=O) groups is 1. The van der Waals surface area contributed by atoms with Gasteiger partial charge in [0.05, 0.1) is 13.2 Å². The zero-order chi connectivity index (χ0) is 23.6. The molecule has 176 valence electrons. The van der Waals surface area contributed by atoms with Crippen molar-refractivity contribution in [2.45, 2.75) is 52.7 Å². The van der Waals surface area contributed by atoms with Gasteiger partial charge < -0.3 is 18.8 Å². The first-order valence-electron chi connectivity index (χ1n) is 11.8. The molecule has 0 aliphatic rings. The molecule has 0 radical (unpaired) electrons. The molecule has 5 heteroatoms. The van der Waals surface area contributed by atoms with Gasteiger partial charge in [-0.25, -0.2) is 4.79 Å². The number of aromatic nitrogens is 1. The molecule has 2 aromatic carbocycles. The molecule has 3 rings (SSSR count). The predicted octanol–water partition coefficient (Wildman–Crippen LogP) is 5.87. The molecule has 5 nitrogen and oxygen atoms in total. The lowest BCUT2D eigenvalue weighted by Gasteiger charge is -2.17. The first-order valence-corrected chi connectivity index (χ1v) is 11.8. The van der Waals surface area contributed by atoms with Crippen LogP contribution in [-0.2, 0) is 27.2 Å². The van der Waals surface area contributed by atoms with Crippen LogP contribution in [-0.4, -0.2) is 36.5 Å². The Bertz CT molecular complexity index is 992. The van der Waals surface area contributed by atoms with Crippen LogP contribution in [0.3, 0.4) is 0 Å². The van der Waals surface area contributed by atoms with Crippen LogP contribution in [0.5, 0.6) is 5.75 Å². The summed E-state index contributed by atoms with van der Waals surface area (Å²) in [5, 5.41) is 0. The van der Waals surface area contributed by atoms with E-state index in [1.807, 2.05) is 37.3 Å². The topological polar surface area (TPSA) is 49.7 Å². The van der Waals surface area contributed by atoms with Crippen molar-refractivity contribution in [1.29, 1.82) is 0 Å². The molecule has 0 fully saturated rings. The van der Waals surface area contributed by atoms with Gasteiger partial charge in [-0.15, -0.1) is 0 Å². The Labute approximate surface area is 197 Å². The monoisotopic (exact) mass is 449 g/mol. The maximum atomic E-state index is 12.1. The second-order valence-corrected chi connectivity index (χ2v) is 8.21. The molecule has 0 aliphatic heterocycles. The zero-order valence-electron chi connectivity index (χ0n) is 20.1. The third-order valence-electron chi connectivity index (χ3n) is 5.52. The highest BCUT2D eigenvalue weighted by atomic mass is 16.6. The van der Waals surface area contributed by atoms with Crippen LogP contribution < -0.4 is 4.74 Å². The molecule has 0 spiro atoms. The molecule has 0 amide bonds. The highest BCUT2D eigenvalue weighted by molar-refractivity contribution is 5.75. The van der Waals surface area contributed by atoms with Crippen LogP contribution in [0.1, 0.15) is 44.9 Å². The molecule has 0 N–H and O–H groups in total. The Balaban J connectivity index is 1.62. The number of hydrogen-bond acceptors (Lipinski definition) is 4. The van der Waals surface area contributed by atoms with E-state index in [-0.39, 0.29) is 5.97 Å². The molecule has 1 heterocycles. The van der Waals surface area contributed by atoms with Crippen molar-refractivity contribution in [3.63, 3.8) is 0 Å². The van der Waals surface area contributed by atoms with Crippen molar-refractivity contribution in [2.24, 2.45) is 0 Å². The average Bonchev–Trinajstić information content (AvgIpc) is 3.25. The second kappa shape index (κ2) is 12.3. The third-order valence-corrected chi connectivity index (χ3v) is 5.52. The molecule has 0 aliphatic carbocycles. The van der Waals surface area contributed by atoms with Gasteiger partial charge in [-0.2, -0.15) is 0 Å². The molecule has 1 unspecified atom stereocenters. The van der Waals surface area contributed by atoms with E-state index in [0.717, 1.165) is 17.9 Å². The minimum Gasteiger partial charge on any atom is -0.492 e. The van der Waals surface area contributed by atoms with Crippen molar-refractivity contribution in [2.75, 3.05) is 19.8 Å². The van der Waals surface area contributed by atoms with Gasteiger partial charge in [0, 0.05) is 24.4 Å². The number of hydrogen-bond donors (Lipinski definition) is 0. The summed E-state index contributed by atoms with van der Waals surface area (Å²) in [6, 6.07) is 22.7. The molecule has 0 saturated carbocycles. The molecular weight excluding hydrogens is 414 g/mol. The zero-order valence-corrected chi connectivity index (χ0v) is 20.1. The van der Waals surface area contributed by atoms with Crippen LogP contribution in [0, 0.1) is 0 Å². The lowest BCUT2D eigenvalue weighted by Crippen LogP contribution is -2.28. The summed E-state index contributed by atoms with van der Waals surface area (Å²) in [6.07, 6.45) is -0.101. The van der Waals surface area contributed by atoms with Gasteiger partial charge >= 0.3 is 5.97 Å². The van der Waals surface area contributed by atoms with Crippen LogP contribution in [0.4, 0.5) is 0 Å². The van der Waals surface area contributed by atoms with Crippen LogP contribution >= 0.6 is 0 Å². The normalized spacial score (nSPS) is 12.0. The smallest absolute Gasteiger partial charge is 0.335 e. The quantitative estimate of drug-likeness (QED) is 0.325. The van der Waals surface area contributed by atoms with E-state index in [1.54, 1.807) is 6.92 Å². The highest BCUT2D eigenvalue weighted by Gasteiger charge is 2.20. The fraction of sp³-hybridized carbons (Fsp3) is 0.393.